The maximum Gasteiger partial charge on any atom is 0.223 e. The average Bonchev–Trinajstić information content (AvgIpc) is 2.90. The number of nitrogens with one attached hydrogen (secondary N) is 1. The van der Waals surface area contributed by atoms with Gasteiger partial charge in [0.25, 0.3) is 0 Å². The van der Waals surface area contributed by atoms with Gasteiger partial charge in [-0.15, -0.1) is 11.6 Å². The summed E-state index contributed by atoms with van der Waals surface area (Å²) in [6.07, 6.45) is 4.40. The first-order valence-corrected chi connectivity index (χ1v) is 6.76. The Balaban J connectivity index is 1.97. The van der Waals surface area contributed by atoms with Gasteiger partial charge in [0.15, 0.2) is 0 Å². The summed E-state index contributed by atoms with van der Waals surface area (Å²) in [6, 6.07) is 9.84. The molecule has 1 aliphatic rings. The lowest BCUT2D eigenvalue weighted by molar-refractivity contribution is -0.125. The van der Waals surface area contributed by atoms with Crippen LogP contribution in [0.3, 0.4) is 0 Å². The second-order valence-corrected chi connectivity index (χ2v) is 4.92. The van der Waals surface area contributed by atoms with Crippen molar-refractivity contribution in [3.8, 4) is 0 Å². The van der Waals surface area contributed by atoms with E-state index in [1.807, 2.05) is 30.3 Å². The Morgan fingerprint density at radius 3 is 2.53 bits per heavy atom. The van der Waals surface area contributed by atoms with Gasteiger partial charge in [-0.1, -0.05) is 43.2 Å². The van der Waals surface area contributed by atoms with E-state index >= 15 is 0 Å². The molecule has 0 aromatic heterocycles. The van der Waals surface area contributed by atoms with Gasteiger partial charge in [-0.3, -0.25) is 4.79 Å². The molecule has 1 fully saturated rings. The monoisotopic (exact) mass is 251 g/mol. The number of benzene rings is 1. The summed E-state index contributed by atoms with van der Waals surface area (Å²) < 4.78 is 0. The molecule has 0 heterocycles. The molecule has 1 aromatic carbocycles. The second kappa shape index (κ2) is 6.06. The number of hydrogen-bond acceptors (Lipinski definition) is 1. The van der Waals surface area contributed by atoms with Gasteiger partial charge in [0.2, 0.25) is 5.91 Å². The smallest absolute Gasteiger partial charge is 0.223 e. The van der Waals surface area contributed by atoms with Gasteiger partial charge in [-0.2, -0.15) is 0 Å². The lowest BCUT2D eigenvalue weighted by Gasteiger charge is -2.19. The molecule has 1 saturated carbocycles. The summed E-state index contributed by atoms with van der Waals surface area (Å²) in [6.45, 7) is 0. The van der Waals surface area contributed by atoms with E-state index in [1.54, 1.807) is 0 Å². The Kier molecular flexibility index (Phi) is 4.43. The molecule has 0 bridgehead atoms. The first-order chi connectivity index (χ1) is 8.31. The van der Waals surface area contributed by atoms with Crippen LogP contribution < -0.4 is 5.32 Å². The van der Waals surface area contributed by atoms with Crippen LogP contribution >= 0.6 is 11.6 Å². The number of halogens is 1. The van der Waals surface area contributed by atoms with E-state index in [0.29, 0.717) is 5.88 Å². The second-order valence-electron chi connectivity index (χ2n) is 4.61. The van der Waals surface area contributed by atoms with Gasteiger partial charge in [0, 0.05) is 11.8 Å². The first kappa shape index (κ1) is 12.4. The highest BCUT2D eigenvalue weighted by Crippen LogP contribution is 2.26. The molecule has 2 nitrogen and oxygen atoms in total. The quantitative estimate of drug-likeness (QED) is 0.818. The summed E-state index contributed by atoms with van der Waals surface area (Å²) in [4.78, 5) is 12.0. The van der Waals surface area contributed by atoms with Crippen LogP contribution in [0, 0.1) is 5.92 Å². The summed E-state index contributed by atoms with van der Waals surface area (Å²) >= 11 is 5.94. The van der Waals surface area contributed by atoms with Crippen LogP contribution in [-0.4, -0.2) is 11.8 Å². The zero-order chi connectivity index (χ0) is 12.1. The largest absolute Gasteiger partial charge is 0.348 e. The zero-order valence-electron chi connectivity index (χ0n) is 9.86. The molecule has 0 spiro atoms. The molecule has 92 valence electrons. The van der Waals surface area contributed by atoms with Gasteiger partial charge >= 0.3 is 0 Å². The van der Waals surface area contributed by atoms with Crippen LogP contribution in [0.1, 0.15) is 37.3 Å². The lowest BCUT2D eigenvalue weighted by atomic mass is 10.0. The van der Waals surface area contributed by atoms with E-state index in [4.69, 9.17) is 11.6 Å². The van der Waals surface area contributed by atoms with Gasteiger partial charge < -0.3 is 5.32 Å². The van der Waals surface area contributed by atoms with Crippen molar-refractivity contribution in [1.82, 2.24) is 5.32 Å². The van der Waals surface area contributed by atoms with Crippen molar-refractivity contribution in [1.29, 1.82) is 0 Å². The van der Waals surface area contributed by atoms with Crippen molar-refractivity contribution >= 4 is 17.5 Å². The molecule has 0 aliphatic heterocycles. The van der Waals surface area contributed by atoms with Crippen molar-refractivity contribution in [3.05, 3.63) is 35.9 Å². The molecule has 1 aliphatic carbocycles. The molecule has 1 amide bonds. The van der Waals surface area contributed by atoms with Crippen LogP contribution in [0.2, 0.25) is 0 Å². The molecule has 17 heavy (non-hydrogen) atoms. The summed E-state index contributed by atoms with van der Waals surface area (Å²) in [5.41, 5.74) is 1.08. The molecular formula is C14H18ClNO. The maximum absolute atomic E-state index is 12.0. The molecule has 2 rings (SSSR count). The van der Waals surface area contributed by atoms with Crippen LogP contribution in [0.5, 0.6) is 0 Å². The third-order valence-corrected chi connectivity index (χ3v) is 3.71. The minimum absolute atomic E-state index is 0.0639. The molecule has 1 aromatic rings. The van der Waals surface area contributed by atoms with E-state index in [-0.39, 0.29) is 17.9 Å². The topological polar surface area (TPSA) is 29.1 Å². The molecule has 3 heteroatoms. The Morgan fingerprint density at radius 1 is 1.29 bits per heavy atom. The Hall–Kier alpha value is -1.02. The fourth-order valence-corrected chi connectivity index (χ4v) is 2.63. The number of carbonyl (C=O) groups is 1. The van der Waals surface area contributed by atoms with Crippen molar-refractivity contribution in [3.63, 3.8) is 0 Å². The maximum atomic E-state index is 12.0. The minimum Gasteiger partial charge on any atom is -0.348 e. The molecule has 1 unspecified atom stereocenters. The van der Waals surface area contributed by atoms with Crippen LogP contribution in [0.4, 0.5) is 0 Å². The van der Waals surface area contributed by atoms with E-state index in [0.717, 1.165) is 18.4 Å². The van der Waals surface area contributed by atoms with E-state index in [2.05, 4.69) is 5.32 Å². The van der Waals surface area contributed by atoms with Gasteiger partial charge in [-0.25, -0.2) is 0 Å². The fourth-order valence-electron chi connectivity index (χ4n) is 2.37. The van der Waals surface area contributed by atoms with E-state index in [1.165, 1.54) is 12.8 Å². The molecular weight excluding hydrogens is 234 g/mol. The standard InChI is InChI=1S/C14H18ClNO/c15-10-13(11-6-2-1-3-7-11)16-14(17)12-8-4-5-9-12/h1-3,6-7,12-13H,4-5,8-10H2,(H,16,17). The summed E-state index contributed by atoms with van der Waals surface area (Å²) in [7, 11) is 0. The van der Waals surface area contributed by atoms with Crippen molar-refractivity contribution in [2.75, 3.05) is 5.88 Å². The number of alkyl halides is 1. The van der Waals surface area contributed by atoms with Gasteiger partial charge in [-0.05, 0) is 18.4 Å². The predicted octanol–water partition coefficient (Wildman–Crippen LogP) is 3.27. The van der Waals surface area contributed by atoms with E-state index in [9.17, 15) is 4.79 Å². The number of amides is 1. The van der Waals surface area contributed by atoms with Gasteiger partial charge in [0.05, 0.1) is 6.04 Å². The molecule has 1 atom stereocenters. The van der Waals surface area contributed by atoms with E-state index < -0.39 is 0 Å². The highest BCUT2D eigenvalue weighted by atomic mass is 35.5. The Bertz CT molecular complexity index is 360. The van der Waals surface area contributed by atoms with Crippen molar-refractivity contribution < 1.29 is 4.79 Å². The average molecular weight is 252 g/mol. The third kappa shape index (κ3) is 3.22. The normalized spacial score (nSPS) is 17.9. The third-order valence-electron chi connectivity index (χ3n) is 3.40. The van der Waals surface area contributed by atoms with Crippen molar-refractivity contribution in [2.24, 2.45) is 5.92 Å². The zero-order valence-corrected chi connectivity index (χ0v) is 10.6. The van der Waals surface area contributed by atoms with Gasteiger partial charge in [0.1, 0.15) is 0 Å². The summed E-state index contributed by atoms with van der Waals surface area (Å²) in [5.74, 6) is 0.782. The molecule has 0 radical (unpaired) electrons. The Labute approximate surface area is 107 Å². The van der Waals surface area contributed by atoms with Crippen LogP contribution in [0.15, 0.2) is 30.3 Å². The van der Waals surface area contributed by atoms with Crippen LogP contribution in [0.25, 0.3) is 0 Å². The SMILES string of the molecule is O=C(NC(CCl)c1ccccc1)C1CCCC1. The number of rotatable bonds is 4. The Morgan fingerprint density at radius 2 is 1.94 bits per heavy atom. The molecule has 0 saturated heterocycles. The minimum atomic E-state index is -0.0639. The number of carbonyl (C=O) groups excluding carboxylic acids is 1. The van der Waals surface area contributed by atoms with Crippen LogP contribution in [-0.2, 0) is 4.79 Å². The van der Waals surface area contributed by atoms with Crippen molar-refractivity contribution in [2.45, 2.75) is 31.7 Å². The predicted molar refractivity (Wildman–Crippen MR) is 70.0 cm³/mol. The lowest BCUT2D eigenvalue weighted by Crippen LogP contribution is -2.33. The number of hydrogen-bond donors (Lipinski definition) is 1. The highest BCUT2D eigenvalue weighted by molar-refractivity contribution is 6.18. The fraction of sp³-hybridized carbons (Fsp3) is 0.500. The summed E-state index contributed by atoms with van der Waals surface area (Å²) in [5, 5.41) is 3.05. The molecule has 1 N–H and O–H groups in total. The highest BCUT2D eigenvalue weighted by Gasteiger charge is 2.24. The first-order valence-electron chi connectivity index (χ1n) is 6.22.